The van der Waals surface area contributed by atoms with Crippen LogP contribution < -0.4 is 0 Å². The molecular formula is C27H44O4. The maximum atomic E-state index is 12.0. The Morgan fingerprint density at radius 2 is 1.10 bits per heavy atom. The Balaban J connectivity index is 1.85. The van der Waals surface area contributed by atoms with Crippen molar-refractivity contribution in [3.05, 3.63) is 35.4 Å². The minimum absolute atomic E-state index is 0.104. The molecule has 0 atom stereocenters. The van der Waals surface area contributed by atoms with Crippen LogP contribution in [0, 0.1) is 0 Å². The Morgan fingerprint density at radius 1 is 0.677 bits per heavy atom. The number of carbonyl (C=O) groups excluding carboxylic acids is 1. The summed E-state index contributed by atoms with van der Waals surface area (Å²) in [4.78, 5) is 22.9. The van der Waals surface area contributed by atoms with Gasteiger partial charge >= 0.3 is 11.9 Å². The molecule has 0 aromatic heterocycles. The molecule has 0 aliphatic rings. The number of rotatable bonds is 20. The quantitative estimate of drug-likeness (QED) is 0.167. The van der Waals surface area contributed by atoms with Gasteiger partial charge in [0.2, 0.25) is 0 Å². The first kappa shape index (κ1) is 27.2. The molecule has 0 unspecified atom stereocenters. The minimum Gasteiger partial charge on any atom is -0.478 e. The van der Waals surface area contributed by atoms with Gasteiger partial charge in [-0.1, -0.05) is 116 Å². The van der Waals surface area contributed by atoms with Crippen molar-refractivity contribution < 1.29 is 19.4 Å². The number of hydrogen-bond acceptors (Lipinski definition) is 3. The predicted octanol–water partition coefficient (Wildman–Crippen LogP) is 8.19. The molecule has 4 heteroatoms. The van der Waals surface area contributed by atoms with E-state index in [1.807, 2.05) is 0 Å². The van der Waals surface area contributed by atoms with Gasteiger partial charge in [-0.25, -0.2) is 9.59 Å². The average Bonchev–Trinajstić information content (AvgIpc) is 2.78. The van der Waals surface area contributed by atoms with Crippen molar-refractivity contribution in [1.82, 2.24) is 0 Å². The number of carboxylic acids is 1. The van der Waals surface area contributed by atoms with Crippen LogP contribution >= 0.6 is 0 Å². The third-order valence-corrected chi connectivity index (χ3v) is 5.83. The van der Waals surface area contributed by atoms with Crippen LogP contribution in [0.3, 0.4) is 0 Å². The highest BCUT2D eigenvalue weighted by molar-refractivity contribution is 5.94. The van der Waals surface area contributed by atoms with Gasteiger partial charge in [0.25, 0.3) is 0 Å². The fraction of sp³-hybridized carbons (Fsp3) is 0.704. The molecule has 0 bridgehead atoms. The molecule has 0 fully saturated rings. The zero-order valence-electron chi connectivity index (χ0n) is 19.7. The summed E-state index contributed by atoms with van der Waals surface area (Å²) in [6.45, 7) is 2.67. The lowest BCUT2D eigenvalue weighted by Gasteiger charge is -2.06. The average molecular weight is 433 g/mol. The Morgan fingerprint density at radius 3 is 1.55 bits per heavy atom. The van der Waals surface area contributed by atoms with Crippen LogP contribution in [-0.2, 0) is 4.74 Å². The summed E-state index contributed by atoms with van der Waals surface area (Å²) in [5, 5.41) is 8.98. The van der Waals surface area contributed by atoms with E-state index in [0.717, 1.165) is 12.8 Å². The SMILES string of the molecule is CCCCCCCCCCCCCCCCCCCOC(=O)c1cccc(C(=O)O)c1. The van der Waals surface area contributed by atoms with E-state index < -0.39 is 11.9 Å². The zero-order valence-corrected chi connectivity index (χ0v) is 19.7. The van der Waals surface area contributed by atoms with Crippen molar-refractivity contribution in [3.63, 3.8) is 0 Å². The molecule has 0 radical (unpaired) electrons. The third-order valence-electron chi connectivity index (χ3n) is 5.83. The number of carboxylic acid groups (broad SMARTS) is 1. The monoisotopic (exact) mass is 432 g/mol. The molecule has 0 amide bonds. The lowest BCUT2D eigenvalue weighted by atomic mass is 10.0. The summed E-state index contributed by atoms with van der Waals surface area (Å²) in [6.07, 6.45) is 22.4. The Kier molecular flexibility index (Phi) is 16.6. The summed E-state index contributed by atoms with van der Waals surface area (Å²) in [5.41, 5.74) is 0.402. The number of esters is 1. The van der Waals surface area contributed by atoms with Gasteiger partial charge in [0, 0.05) is 0 Å². The van der Waals surface area contributed by atoms with Gasteiger partial charge in [0.1, 0.15) is 0 Å². The van der Waals surface area contributed by atoms with E-state index in [0.29, 0.717) is 12.2 Å². The van der Waals surface area contributed by atoms with Crippen molar-refractivity contribution in [2.45, 2.75) is 116 Å². The number of benzene rings is 1. The van der Waals surface area contributed by atoms with Crippen LogP contribution in [0.2, 0.25) is 0 Å². The van der Waals surface area contributed by atoms with Crippen LogP contribution in [0.1, 0.15) is 137 Å². The number of unbranched alkanes of at least 4 members (excludes halogenated alkanes) is 16. The molecule has 0 saturated carbocycles. The molecule has 1 rings (SSSR count). The van der Waals surface area contributed by atoms with Gasteiger partial charge in [-0.3, -0.25) is 0 Å². The molecule has 0 spiro atoms. The molecule has 0 saturated heterocycles. The topological polar surface area (TPSA) is 63.6 Å². The fourth-order valence-electron chi connectivity index (χ4n) is 3.85. The van der Waals surface area contributed by atoms with Crippen molar-refractivity contribution >= 4 is 11.9 Å². The largest absolute Gasteiger partial charge is 0.478 e. The van der Waals surface area contributed by atoms with Crippen molar-refractivity contribution in [3.8, 4) is 0 Å². The highest BCUT2D eigenvalue weighted by Crippen LogP contribution is 2.14. The molecule has 0 aliphatic heterocycles. The standard InChI is InChI=1S/C27H44O4/c1-2-3-4-5-6-7-8-9-10-11-12-13-14-15-16-17-18-22-31-27(30)25-21-19-20-24(23-25)26(28)29/h19-21,23H,2-18,22H2,1H3,(H,28,29). The lowest BCUT2D eigenvalue weighted by Crippen LogP contribution is -2.08. The second kappa shape index (κ2) is 18.9. The van der Waals surface area contributed by atoms with E-state index in [1.165, 1.54) is 108 Å². The third kappa shape index (κ3) is 14.7. The maximum Gasteiger partial charge on any atom is 0.338 e. The van der Waals surface area contributed by atoms with E-state index in [-0.39, 0.29) is 5.56 Å². The van der Waals surface area contributed by atoms with E-state index in [4.69, 9.17) is 9.84 Å². The number of carbonyl (C=O) groups is 2. The number of hydrogen-bond donors (Lipinski definition) is 1. The number of aromatic carboxylic acids is 1. The first-order valence-electron chi connectivity index (χ1n) is 12.7. The molecule has 1 aromatic carbocycles. The molecule has 1 aromatic rings. The van der Waals surface area contributed by atoms with E-state index in [9.17, 15) is 9.59 Å². The molecule has 4 nitrogen and oxygen atoms in total. The Bertz CT molecular complexity index is 597. The summed E-state index contributed by atoms with van der Waals surface area (Å²) < 4.78 is 5.26. The number of ether oxygens (including phenoxy) is 1. The Hall–Kier alpha value is -1.84. The Labute approximate surface area is 189 Å². The predicted molar refractivity (Wildman–Crippen MR) is 128 cm³/mol. The molecule has 1 N–H and O–H groups in total. The first-order chi connectivity index (χ1) is 15.1. The van der Waals surface area contributed by atoms with E-state index in [2.05, 4.69) is 6.92 Å². The van der Waals surface area contributed by atoms with Gasteiger partial charge in [-0.2, -0.15) is 0 Å². The van der Waals surface area contributed by atoms with Gasteiger partial charge < -0.3 is 9.84 Å². The highest BCUT2D eigenvalue weighted by atomic mass is 16.5. The molecule has 0 aliphatic carbocycles. The van der Waals surface area contributed by atoms with Gasteiger partial charge in [0.15, 0.2) is 0 Å². The maximum absolute atomic E-state index is 12.0. The van der Waals surface area contributed by atoms with Crippen molar-refractivity contribution in [1.29, 1.82) is 0 Å². The van der Waals surface area contributed by atoms with Crippen LogP contribution in [0.25, 0.3) is 0 Å². The normalized spacial score (nSPS) is 10.9. The van der Waals surface area contributed by atoms with Crippen LogP contribution in [-0.4, -0.2) is 23.7 Å². The van der Waals surface area contributed by atoms with Crippen molar-refractivity contribution in [2.24, 2.45) is 0 Å². The fourth-order valence-corrected chi connectivity index (χ4v) is 3.85. The van der Waals surface area contributed by atoms with E-state index in [1.54, 1.807) is 12.1 Å². The van der Waals surface area contributed by atoms with Gasteiger partial charge in [-0.15, -0.1) is 0 Å². The van der Waals surface area contributed by atoms with Gasteiger partial charge in [0.05, 0.1) is 17.7 Å². The molecule has 0 heterocycles. The summed E-state index contributed by atoms with van der Waals surface area (Å²) >= 11 is 0. The van der Waals surface area contributed by atoms with Crippen LogP contribution in [0.4, 0.5) is 0 Å². The van der Waals surface area contributed by atoms with Crippen LogP contribution in [0.15, 0.2) is 24.3 Å². The summed E-state index contributed by atoms with van der Waals surface area (Å²) in [5.74, 6) is -1.48. The lowest BCUT2D eigenvalue weighted by molar-refractivity contribution is 0.0497. The summed E-state index contributed by atoms with van der Waals surface area (Å²) in [7, 11) is 0. The highest BCUT2D eigenvalue weighted by Gasteiger charge is 2.10. The van der Waals surface area contributed by atoms with Crippen LogP contribution in [0.5, 0.6) is 0 Å². The molecule has 176 valence electrons. The van der Waals surface area contributed by atoms with Gasteiger partial charge in [-0.05, 0) is 24.6 Å². The summed E-state index contributed by atoms with van der Waals surface area (Å²) in [6, 6.07) is 5.98. The van der Waals surface area contributed by atoms with E-state index >= 15 is 0 Å². The van der Waals surface area contributed by atoms with Crippen molar-refractivity contribution in [2.75, 3.05) is 6.61 Å². The minimum atomic E-state index is -1.04. The zero-order chi connectivity index (χ0) is 22.6. The first-order valence-corrected chi connectivity index (χ1v) is 12.7. The molecule has 31 heavy (non-hydrogen) atoms. The second-order valence-electron chi connectivity index (χ2n) is 8.68. The smallest absolute Gasteiger partial charge is 0.338 e. The second-order valence-corrected chi connectivity index (χ2v) is 8.68. The molecular weight excluding hydrogens is 388 g/mol.